The highest BCUT2D eigenvalue weighted by molar-refractivity contribution is 7.91. The molecule has 3 rings (SSSR count). The van der Waals surface area contributed by atoms with Crippen LogP contribution in [0, 0.1) is 4.78 Å². The Balaban J connectivity index is 1.87. The topological polar surface area (TPSA) is 97.2 Å². The van der Waals surface area contributed by atoms with Gasteiger partial charge in [-0.15, -0.1) is 0 Å². The van der Waals surface area contributed by atoms with Crippen LogP contribution >= 0.6 is 0 Å². The molecule has 1 heterocycles. The highest BCUT2D eigenvalue weighted by atomic mass is 32.2. The highest BCUT2D eigenvalue weighted by Crippen LogP contribution is 2.33. The van der Waals surface area contributed by atoms with E-state index in [-0.39, 0.29) is 0 Å². The fraction of sp³-hybridized carbons (Fsp3) is 0.222. The first-order valence-electron chi connectivity index (χ1n) is 7.85. The van der Waals surface area contributed by atoms with Crippen molar-refractivity contribution >= 4 is 26.4 Å². The lowest BCUT2D eigenvalue weighted by atomic mass is 10.2. The number of hydrogen-bond donors (Lipinski definition) is 2. The molecular weight excluding hydrogens is 352 g/mol. The summed E-state index contributed by atoms with van der Waals surface area (Å²) >= 11 is 0. The number of hydrogen-bond acceptors (Lipinski definition) is 7. The lowest BCUT2D eigenvalue weighted by Crippen LogP contribution is -2.03. The van der Waals surface area contributed by atoms with Gasteiger partial charge >= 0.3 is 0 Å². The van der Waals surface area contributed by atoms with Crippen LogP contribution < -0.4 is 14.8 Å². The zero-order valence-corrected chi connectivity index (χ0v) is 15.6. The predicted octanol–water partition coefficient (Wildman–Crippen LogP) is 3.29. The molecule has 26 heavy (non-hydrogen) atoms. The van der Waals surface area contributed by atoms with Crippen LogP contribution in [0.4, 0.5) is 5.82 Å². The summed E-state index contributed by atoms with van der Waals surface area (Å²) in [5.74, 6) is 1.90. The van der Waals surface area contributed by atoms with Gasteiger partial charge in [0.15, 0.2) is 11.5 Å². The first kappa shape index (κ1) is 17.9. The van der Waals surface area contributed by atoms with E-state index in [1.165, 1.54) is 12.6 Å². The Labute approximate surface area is 152 Å². The first-order chi connectivity index (χ1) is 12.4. The molecule has 1 atom stereocenters. The van der Waals surface area contributed by atoms with Crippen LogP contribution in [0.3, 0.4) is 0 Å². The number of methoxy groups -OCH3 is 2. The van der Waals surface area contributed by atoms with E-state index in [0.29, 0.717) is 28.8 Å². The Bertz CT molecular complexity index is 1030. The quantitative estimate of drug-likeness (QED) is 0.689. The minimum Gasteiger partial charge on any atom is -0.493 e. The molecule has 0 saturated heterocycles. The van der Waals surface area contributed by atoms with E-state index < -0.39 is 9.73 Å². The number of rotatable bonds is 6. The third kappa shape index (κ3) is 3.70. The smallest absolute Gasteiger partial charge is 0.162 e. The summed E-state index contributed by atoms with van der Waals surface area (Å²) in [6.07, 6.45) is 2.90. The second kappa shape index (κ2) is 7.17. The molecule has 0 spiro atoms. The maximum absolute atomic E-state index is 11.8. The van der Waals surface area contributed by atoms with Gasteiger partial charge in [0.05, 0.1) is 29.5 Å². The zero-order valence-electron chi connectivity index (χ0n) is 14.8. The number of fused-ring (bicyclic) bond motifs is 1. The maximum atomic E-state index is 11.8. The largest absolute Gasteiger partial charge is 0.493 e. The van der Waals surface area contributed by atoms with Crippen molar-refractivity contribution in [2.45, 2.75) is 11.4 Å². The molecule has 0 amide bonds. The number of anilines is 1. The fourth-order valence-electron chi connectivity index (χ4n) is 2.58. The van der Waals surface area contributed by atoms with Gasteiger partial charge in [-0.25, -0.2) is 19.0 Å². The molecule has 0 aliphatic rings. The molecule has 0 fully saturated rings. The van der Waals surface area contributed by atoms with Crippen LogP contribution in [0.2, 0.25) is 0 Å². The second-order valence-electron chi connectivity index (χ2n) is 5.79. The molecule has 136 valence electrons. The number of ether oxygens (including phenoxy) is 2. The number of nitrogens with one attached hydrogen (secondary N) is 2. The third-order valence-electron chi connectivity index (χ3n) is 3.97. The monoisotopic (exact) mass is 372 g/mol. The standard InChI is InChI=1S/C18H20N4O3S/c1-24-16-8-14-15(9-17(16)25-2)21-11-22-18(14)20-10-12-4-6-13(7-5-12)26(3,19)23/h4-9,11,19H,10H2,1-3H3,(H,20,21,22). The van der Waals surface area contributed by atoms with Gasteiger partial charge in [0.1, 0.15) is 12.1 Å². The molecule has 0 aliphatic heterocycles. The highest BCUT2D eigenvalue weighted by Gasteiger charge is 2.11. The summed E-state index contributed by atoms with van der Waals surface area (Å²) < 4.78 is 30.0. The fourth-order valence-corrected chi connectivity index (χ4v) is 3.23. The van der Waals surface area contributed by atoms with Gasteiger partial charge in [-0.05, 0) is 23.8 Å². The predicted molar refractivity (Wildman–Crippen MR) is 101 cm³/mol. The van der Waals surface area contributed by atoms with E-state index in [4.69, 9.17) is 14.3 Å². The molecule has 7 nitrogen and oxygen atoms in total. The molecular formula is C18H20N4O3S. The third-order valence-corrected chi connectivity index (χ3v) is 5.15. The van der Waals surface area contributed by atoms with Gasteiger partial charge in [0, 0.05) is 29.1 Å². The SMILES string of the molecule is COc1cc2ncnc(NCc3ccc(S(C)(=N)=O)cc3)c2cc1OC. The van der Waals surface area contributed by atoms with Crippen molar-refractivity contribution in [3.8, 4) is 11.5 Å². The molecule has 1 aromatic heterocycles. The number of aromatic nitrogens is 2. The normalized spacial score (nSPS) is 13.2. The lowest BCUT2D eigenvalue weighted by Gasteiger charge is -2.12. The van der Waals surface area contributed by atoms with E-state index >= 15 is 0 Å². The van der Waals surface area contributed by atoms with Crippen molar-refractivity contribution in [3.05, 3.63) is 48.3 Å². The van der Waals surface area contributed by atoms with E-state index in [2.05, 4.69) is 15.3 Å². The molecule has 8 heteroatoms. The van der Waals surface area contributed by atoms with Crippen LogP contribution in [0.15, 0.2) is 47.6 Å². The van der Waals surface area contributed by atoms with Crippen molar-refractivity contribution in [1.29, 1.82) is 4.78 Å². The minimum absolute atomic E-state index is 0.519. The Kier molecular flexibility index (Phi) is 4.94. The summed E-state index contributed by atoms with van der Waals surface area (Å²) in [6, 6.07) is 10.8. The Morgan fingerprint density at radius 3 is 2.35 bits per heavy atom. The van der Waals surface area contributed by atoms with Crippen molar-refractivity contribution in [2.24, 2.45) is 0 Å². The van der Waals surface area contributed by atoms with Crippen LogP contribution in [0.25, 0.3) is 10.9 Å². The Morgan fingerprint density at radius 2 is 1.73 bits per heavy atom. The number of benzene rings is 2. The van der Waals surface area contributed by atoms with Crippen LogP contribution in [-0.2, 0) is 16.3 Å². The van der Waals surface area contributed by atoms with Gasteiger partial charge in [0.25, 0.3) is 0 Å². The molecule has 0 radical (unpaired) electrons. The summed E-state index contributed by atoms with van der Waals surface area (Å²) in [5, 5.41) is 4.11. The van der Waals surface area contributed by atoms with Gasteiger partial charge in [-0.3, -0.25) is 0 Å². The Morgan fingerprint density at radius 1 is 1.08 bits per heavy atom. The lowest BCUT2D eigenvalue weighted by molar-refractivity contribution is 0.356. The van der Waals surface area contributed by atoms with Gasteiger partial charge in [0.2, 0.25) is 0 Å². The van der Waals surface area contributed by atoms with Crippen LogP contribution in [0.5, 0.6) is 11.5 Å². The van der Waals surface area contributed by atoms with E-state index in [1.807, 2.05) is 24.3 Å². The maximum Gasteiger partial charge on any atom is 0.162 e. The number of nitrogens with zero attached hydrogens (tertiary/aromatic N) is 2. The zero-order chi connectivity index (χ0) is 18.7. The average Bonchev–Trinajstić information content (AvgIpc) is 2.64. The van der Waals surface area contributed by atoms with Crippen molar-refractivity contribution in [1.82, 2.24) is 9.97 Å². The minimum atomic E-state index is -2.70. The van der Waals surface area contributed by atoms with Crippen molar-refractivity contribution < 1.29 is 13.7 Å². The van der Waals surface area contributed by atoms with Crippen molar-refractivity contribution in [3.63, 3.8) is 0 Å². The summed E-state index contributed by atoms with van der Waals surface area (Å²) in [4.78, 5) is 9.11. The molecule has 0 bridgehead atoms. The van der Waals surface area contributed by atoms with E-state index in [9.17, 15) is 4.21 Å². The summed E-state index contributed by atoms with van der Waals surface area (Å²) in [7, 11) is 0.469. The summed E-state index contributed by atoms with van der Waals surface area (Å²) in [5.41, 5.74) is 1.74. The Hall–Kier alpha value is -2.87. The molecule has 0 aliphatic carbocycles. The van der Waals surface area contributed by atoms with E-state index in [0.717, 1.165) is 16.5 Å². The summed E-state index contributed by atoms with van der Waals surface area (Å²) in [6.45, 7) is 0.531. The van der Waals surface area contributed by atoms with E-state index in [1.54, 1.807) is 26.4 Å². The van der Waals surface area contributed by atoms with Crippen molar-refractivity contribution in [2.75, 3.05) is 25.8 Å². The average molecular weight is 372 g/mol. The molecule has 2 aromatic carbocycles. The second-order valence-corrected chi connectivity index (χ2v) is 7.95. The van der Waals surface area contributed by atoms with Gasteiger partial charge in [-0.2, -0.15) is 0 Å². The van der Waals surface area contributed by atoms with Gasteiger partial charge in [-0.1, -0.05) is 12.1 Å². The van der Waals surface area contributed by atoms with Gasteiger partial charge < -0.3 is 14.8 Å². The first-order valence-corrected chi connectivity index (χ1v) is 9.82. The molecule has 1 unspecified atom stereocenters. The van der Waals surface area contributed by atoms with Crippen LogP contribution in [-0.4, -0.2) is 34.7 Å². The molecule has 2 N–H and O–H groups in total. The molecule has 3 aromatic rings. The van der Waals surface area contributed by atoms with Crippen LogP contribution in [0.1, 0.15) is 5.56 Å². The molecule has 0 saturated carbocycles.